The monoisotopic (exact) mass is 313 g/mol. The summed E-state index contributed by atoms with van der Waals surface area (Å²) in [5.41, 5.74) is 1.10. The normalized spacial score (nSPS) is 11.3. The zero-order chi connectivity index (χ0) is 17.0. The van der Waals surface area contributed by atoms with Gasteiger partial charge in [-0.05, 0) is 38.5 Å². The molecule has 0 radical (unpaired) electrons. The molecular weight excluding hydrogens is 290 g/mol. The molecule has 0 atom stereocenters. The van der Waals surface area contributed by atoms with E-state index in [9.17, 15) is 15.0 Å². The predicted octanol–water partition coefficient (Wildman–Crippen LogP) is 3.11. The molecule has 0 bridgehead atoms. The van der Waals surface area contributed by atoms with Gasteiger partial charge in [-0.25, -0.2) is 0 Å². The first-order valence-corrected chi connectivity index (χ1v) is 7.61. The van der Waals surface area contributed by atoms with Crippen LogP contribution in [0.4, 0.5) is 0 Å². The molecule has 122 valence electrons. The summed E-state index contributed by atoms with van der Waals surface area (Å²) in [5.74, 6) is -0.341. The van der Waals surface area contributed by atoms with Crippen molar-refractivity contribution in [3.63, 3.8) is 0 Å². The lowest BCUT2D eigenvalue weighted by molar-refractivity contribution is 0.0278. The fourth-order valence-corrected chi connectivity index (χ4v) is 2.46. The maximum absolute atomic E-state index is 12.9. The largest absolute Gasteiger partial charge is 0.507 e. The minimum absolute atomic E-state index is 0.0468. The van der Waals surface area contributed by atoms with Crippen LogP contribution in [0.3, 0.4) is 0 Å². The summed E-state index contributed by atoms with van der Waals surface area (Å²) in [6.45, 7) is 5.74. The molecule has 4 heteroatoms. The number of aliphatic hydroxyl groups is 1. The maximum Gasteiger partial charge on any atom is 0.258 e. The summed E-state index contributed by atoms with van der Waals surface area (Å²) in [4.78, 5) is 14.4. The molecule has 0 aromatic heterocycles. The van der Waals surface area contributed by atoms with Gasteiger partial charge < -0.3 is 15.1 Å². The Bertz CT molecular complexity index is 675. The van der Waals surface area contributed by atoms with E-state index in [1.54, 1.807) is 30.9 Å². The molecule has 0 aliphatic rings. The van der Waals surface area contributed by atoms with E-state index >= 15 is 0 Å². The quantitative estimate of drug-likeness (QED) is 0.891. The summed E-state index contributed by atoms with van der Waals surface area (Å²) in [6.07, 6.45) is 0. The Morgan fingerprint density at radius 1 is 1.13 bits per heavy atom. The molecule has 2 rings (SSSR count). The Morgan fingerprint density at radius 3 is 2.39 bits per heavy atom. The SMILES string of the molecule is Cc1ccc(O)c(C(=O)N(Cc2ccccc2)CC(C)(C)O)c1. The van der Waals surface area contributed by atoms with Gasteiger partial charge >= 0.3 is 0 Å². The molecule has 0 spiro atoms. The van der Waals surface area contributed by atoms with Crippen molar-refractivity contribution < 1.29 is 15.0 Å². The number of hydrogen-bond acceptors (Lipinski definition) is 3. The van der Waals surface area contributed by atoms with Crippen molar-refractivity contribution >= 4 is 5.91 Å². The predicted molar refractivity (Wildman–Crippen MR) is 90.3 cm³/mol. The van der Waals surface area contributed by atoms with Crippen molar-refractivity contribution in [3.8, 4) is 5.75 Å². The van der Waals surface area contributed by atoms with Crippen LogP contribution in [0.25, 0.3) is 0 Å². The number of carbonyl (C=O) groups excluding carboxylic acids is 1. The third-order valence-electron chi connectivity index (χ3n) is 3.46. The lowest BCUT2D eigenvalue weighted by atomic mass is 10.1. The van der Waals surface area contributed by atoms with Gasteiger partial charge in [-0.2, -0.15) is 0 Å². The highest BCUT2D eigenvalue weighted by atomic mass is 16.3. The number of phenols is 1. The topological polar surface area (TPSA) is 60.8 Å². The molecule has 0 heterocycles. The van der Waals surface area contributed by atoms with Crippen LogP contribution in [-0.4, -0.2) is 33.2 Å². The van der Waals surface area contributed by atoms with E-state index in [0.29, 0.717) is 6.54 Å². The number of rotatable bonds is 5. The summed E-state index contributed by atoms with van der Waals surface area (Å²) in [7, 11) is 0. The van der Waals surface area contributed by atoms with Crippen LogP contribution < -0.4 is 0 Å². The number of aryl methyl sites for hydroxylation is 1. The highest BCUT2D eigenvalue weighted by Gasteiger charge is 2.25. The van der Waals surface area contributed by atoms with Crippen LogP contribution in [0.5, 0.6) is 5.75 Å². The second-order valence-corrected chi connectivity index (χ2v) is 6.48. The van der Waals surface area contributed by atoms with Crippen LogP contribution in [0.15, 0.2) is 48.5 Å². The molecule has 23 heavy (non-hydrogen) atoms. The second kappa shape index (κ2) is 6.84. The fourth-order valence-electron chi connectivity index (χ4n) is 2.46. The minimum Gasteiger partial charge on any atom is -0.507 e. The molecule has 0 aliphatic carbocycles. The molecule has 0 saturated heterocycles. The van der Waals surface area contributed by atoms with Crippen molar-refractivity contribution in [2.75, 3.05) is 6.54 Å². The zero-order valence-corrected chi connectivity index (χ0v) is 13.8. The highest BCUT2D eigenvalue weighted by molar-refractivity contribution is 5.97. The van der Waals surface area contributed by atoms with E-state index in [4.69, 9.17) is 0 Å². The van der Waals surface area contributed by atoms with Gasteiger partial charge in [0.15, 0.2) is 0 Å². The van der Waals surface area contributed by atoms with Crippen molar-refractivity contribution in [3.05, 3.63) is 65.2 Å². The molecule has 0 aliphatic heterocycles. The number of amides is 1. The van der Waals surface area contributed by atoms with Crippen LogP contribution >= 0.6 is 0 Å². The summed E-state index contributed by atoms with van der Waals surface area (Å²) >= 11 is 0. The lowest BCUT2D eigenvalue weighted by Gasteiger charge is -2.29. The summed E-state index contributed by atoms with van der Waals surface area (Å²) < 4.78 is 0. The van der Waals surface area contributed by atoms with Crippen molar-refractivity contribution in [2.45, 2.75) is 32.9 Å². The Labute approximate surface area is 137 Å². The number of nitrogens with zero attached hydrogens (tertiary/aromatic N) is 1. The van der Waals surface area contributed by atoms with E-state index in [1.165, 1.54) is 6.07 Å². The second-order valence-electron chi connectivity index (χ2n) is 6.48. The van der Waals surface area contributed by atoms with Gasteiger partial charge in [-0.15, -0.1) is 0 Å². The number of carbonyl (C=O) groups is 1. The van der Waals surface area contributed by atoms with Crippen molar-refractivity contribution in [2.24, 2.45) is 0 Å². The van der Waals surface area contributed by atoms with Crippen molar-refractivity contribution in [1.29, 1.82) is 0 Å². The standard InChI is InChI=1S/C19H23NO3/c1-14-9-10-17(21)16(11-14)18(22)20(13-19(2,3)23)12-15-7-5-4-6-8-15/h4-11,21,23H,12-13H2,1-3H3. The minimum atomic E-state index is -1.02. The Hall–Kier alpha value is -2.33. The Kier molecular flexibility index (Phi) is 5.06. The Morgan fingerprint density at radius 2 is 1.78 bits per heavy atom. The average molecular weight is 313 g/mol. The molecule has 4 nitrogen and oxygen atoms in total. The van der Waals surface area contributed by atoms with Gasteiger partial charge in [0, 0.05) is 13.1 Å². The molecule has 2 N–H and O–H groups in total. The third kappa shape index (κ3) is 4.83. The van der Waals surface area contributed by atoms with Gasteiger partial charge in [0.1, 0.15) is 5.75 Å². The molecule has 2 aromatic rings. The highest BCUT2D eigenvalue weighted by Crippen LogP contribution is 2.22. The van der Waals surface area contributed by atoms with E-state index < -0.39 is 5.60 Å². The maximum atomic E-state index is 12.9. The fraction of sp³-hybridized carbons (Fsp3) is 0.316. The van der Waals surface area contributed by atoms with Crippen LogP contribution in [-0.2, 0) is 6.54 Å². The first kappa shape index (κ1) is 17.0. The molecule has 1 amide bonds. The molecular formula is C19H23NO3. The van der Waals surface area contributed by atoms with Gasteiger partial charge in [-0.1, -0.05) is 42.0 Å². The number of benzene rings is 2. The summed E-state index contributed by atoms with van der Waals surface area (Å²) in [5, 5.41) is 20.1. The smallest absolute Gasteiger partial charge is 0.258 e. The Balaban J connectivity index is 2.32. The van der Waals surface area contributed by atoms with Gasteiger partial charge in [-0.3, -0.25) is 4.79 Å². The third-order valence-corrected chi connectivity index (χ3v) is 3.46. The van der Waals surface area contributed by atoms with E-state index in [2.05, 4.69) is 0 Å². The first-order valence-electron chi connectivity index (χ1n) is 7.61. The number of hydrogen-bond donors (Lipinski definition) is 2. The van der Waals surface area contributed by atoms with Crippen LogP contribution in [0.1, 0.15) is 35.3 Å². The van der Waals surface area contributed by atoms with E-state index in [1.807, 2.05) is 37.3 Å². The molecule has 2 aromatic carbocycles. The number of aromatic hydroxyl groups is 1. The van der Waals surface area contributed by atoms with Crippen LogP contribution in [0.2, 0.25) is 0 Å². The van der Waals surface area contributed by atoms with E-state index in [0.717, 1.165) is 11.1 Å². The van der Waals surface area contributed by atoms with Gasteiger partial charge in [0.25, 0.3) is 5.91 Å². The lowest BCUT2D eigenvalue weighted by Crippen LogP contribution is -2.41. The average Bonchev–Trinajstić information content (AvgIpc) is 2.48. The van der Waals surface area contributed by atoms with Gasteiger partial charge in [0.05, 0.1) is 11.2 Å². The van der Waals surface area contributed by atoms with Crippen LogP contribution in [0, 0.1) is 6.92 Å². The summed E-state index contributed by atoms with van der Waals surface area (Å²) in [6, 6.07) is 14.5. The zero-order valence-electron chi connectivity index (χ0n) is 13.8. The van der Waals surface area contributed by atoms with Gasteiger partial charge in [0.2, 0.25) is 0 Å². The van der Waals surface area contributed by atoms with Crippen molar-refractivity contribution in [1.82, 2.24) is 4.90 Å². The first-order chi connectivity index (χ1) is 10.8. The molecule has 0 fully saturated rings. The molecule has 0 saturated carbocycles. The molecule has 0 unspecified atom stereocenters. The van der Waals surface area contributed by atoms with E-state index in [-0.39, 0.29) is 23.8 Å². The number of phenolic OH excluding ortho intramolecular Hbond substituents is 1.